The number of hydrogen-bond acceptors (Lipinski definition) is 3. The predicted octanol–water partition coefficient (Wildman–Crippen LogP) is -0.372. The quantitative estimate of drug-likeness (QED) is 0.447. The highest BCUT2D eigenvalue weighted by atomic mass is 16.1. The van der Waals surface area contributed by atoms with Gasteiger partial charge in [-0.1, -0.05) is 12.8 Å². The van der Waals surface area contributed by atoms with Gasteiger partial charge in [-0.15, -0.1) is 6.42 Å². The molecule has 0 radical (unpaired) electrons. The van der Waals surface area contributed by atoms with Gasteiger partial charge < -0.3 is 5.32 Å². The summed E-state index contributed by atoms with van der Waals surface area (Å²) in [5.74, 6) is 2.29. The minimum Gasteiger partial charge on any atom is -0.342 e. The first-order valence-corrected chi connectivity index (χ1v) is 4.07. The van der Waals surface area contributed by atoms with Gasteiger partial charge >= 0.3 is 0 Å². The number of rotatable bonds is 5. The molecule has 0 spiro atoms. The maximum atomic E-state index is 10.9. The van der Waals surface area contributed by atoms with Gasteiger partial charge in [0, 0.05) is 0 Å². The molecule has 0 fully saturated rings. The molecule has 0 aliphatic carbocycles. The Labute approximate surface area is 78.3 Å². The third-order valence-electron chi connectivity index (χ3n) is 1.48. The standard InChI is InChI=1S/C9H13N3O/c1-3-8(4-2)12-7-9(13)11-6-5-10/h1,8,12H,4,6-7H2,2H3,(H,11,13). The second-order valence-electron chi connectivity index (χ2n) is 2.44. The van der Waals surface area contributed by atoms with Gasteiger partial charge in [0.1, 0.15) is 6.54 Å². The Morgan fingerprint density at radius 3 is 2.85 bits per heavy atom. The van der Waals surface area contributed by atoms with Crippen LogP contribution in [0.25, 0.3) is 0 Å². The zero-order valence-corrected chi connectivity index (χ0v) is 7.63. The Morgan fingerprint density at radius 2 is 2.38 bits per heavy atom. The lowest BCUT2D eigenvalue weighted by atomic mass is 10.2. The van der Waals surface area contributed by atoms with Gasteiger partial charge in [0.25, 0.3) is 0 Å². The largest absolute Gasteiger partial charge is 0.342 e. The van der Waals surface area contributed by atoms with E-state index in [2.05, 4.69) is 16.6 Å². The van der Waals surface area contributed by atoms with E-state index >= 15 is 0 Å². The molecule has 0 saturated heterocycles. The van der Waals surface area contributed by atoms with Crippen molar-refractivity contribution < 1.29 is 4.79 Å². The molecule has 0 aromatic carbocycles. The fraction of sp³-hybridized carbons (Fsp3) is 0.556. The van der Waals surface area contributed by atoms with Crippen LogP contribution in [0, 0.1) is 23.7 Å². The van der Waals surface area contributed by atoms with Crippen molar-refractivity contribution in [3.05, 3.63) is 0 Å². The third-order valence-corrected chi connectivity index (χ3v) is 1.48. The van der Waals surface area contributed by atoms with E-state index in [0.29, 0.717) is 0 Å². The summed E-state index contributed by atoms with van der Waals surface area (Å²) in [5, 5.41) is 13.4. The molecule has 1 amide bonds. The van der Waals surface area contributed by atoms with E-state index in [1.54, 1.807) is 0 Å². The van der Waals surface area contributed by atoms with E-state index in [0.717, 1.165) is 6.42 Å². The zero-order valence-electron chi connectivity index (χ0n) is 7.63. The van der Waals surface area contributed by atoms with Gasteiger partial charge in [-0.3, -0.25) is 10.1 Å². The molecule has 0 bridgehead atoms. The number of nitrogens with one attached hydrogen (secondary N) is 2. The number of carbonyl (C=O) groups is 1. The molecular weight excluding hydrogens is 166 g/mol. The molecular formula is C9H13N3O. The maximum absolute atomic E-state index is 10.9. The molecule has 0 rings (SSSR count). The molecule has 0 saturated carbocycles. The molecule has 0 aromatic rings. The maximum Gasteiger partial charge on any atom is 0.234 e. The van der Waals surface area contributed by atoms with Crippen LogP contribution in [0.4, 0.5) is 0 Å². The SMILES string of the molecule is C#CC(CC)NCC(=O)NCC#N. The molecule has 2 N–H and O–H groups in total. The summed E-state index contributed by atoms with van der Waals surface area (Å²) >= 11 is 0. The van der Waals surface area contributed by atoms with Gasteiger partial charge in [-0.05, 0) is 6.42 Å². The number of amides is 1. The Bertz CT molecular complexity index is 236. The smallest absolute Gasteiger partial charge is 0.234 e. The minimum atomic E-state index is -0.213. The van der Waals surface area contributed by atoms with Crippen molar-refractivity contribution >= 4 is 5.91 Å². The molecule has 0 aromatic heterocycles. The lowest BCUT2D eigenvalue weighted by Crippen LogP contribution is -2.38. The first-order chi connectivity index (χ1) is 6.24. The topological polar surface area (TPSA) is 64.9 Å². The Balaban J connectivity index is 3.59. The van der Waals surface area contributed by atoms with Gasteiger partial charge in [0.15, 0.2) is 0 Å². The average molecular weight is 179 g/mol. The van der Waals surface area contributed by atoms with Gasteiger partial charge in [0.2, 0.25) is 5.91 Å². The van der Waals surface area contributed by atoms with Crippen molar-refractivity contribution in [2.24, 2.45) is 0 Å². The van der Waals surface area contributed by atoms with Crippen molar-refractivity contribution in [3.8, 4) is 18.4 Å². The van der Waals surface area contributed by atoms with Gasteiger partial charge in [-0.25, -0.2) is 0 Å². The molecule has 0 aliphatic rings. The van der Waals surface area contributed by atoms with Crippen LogP contribution in [0.5, 0.6) is 0 Å². The predicted molar refractivity (Wildman–Crippen MR) is 49.5 cm³/mol. The molecule has 1 unspecified atom stereocenters. The molecule has 13 heavy (non-hydrogen) atoms. The summed E-state index contributed by atoms with van der Waals surface area (Å²) < 4.78 is 0. The highest BCUT2D eigenvalue weighted by Crippen LogP contribution is 1.85. The average Bonchev–Trinajstić information content (AvgIpc) is 2.16. The lowest BCUT2D eigenvalue weighted by Gasteiger charge is -2.09. The Hall–Kier alpha value is -1.52. The van der Waals surface area contributed by atoms with E-state index in [1.807, 2.05) is 13.0 Å². The van der Waals surface area contributed by atoms with Crippen LogP contribution in [0.3, 0.4) is 0 Å². The Kier molecular flexibility index (Phi) is 6.31. The van der Waals surface area contributed by atoms with Crippen molar-refractivity contribution in [3.63, 3.8) is 0 Å². The number of carbonyl (C=O) groups excluding carboxylic acids is 1. The van der Waals surface area contributed by atoms with Crippen LogP contribution in [0.15, 0.2) is 0 Å². The fourth-order valence-corrected chi connectivity index (χ4v) is 0.738. The van der Waals surface area contributed by atoms with E-state index in [-0.39, 0.29) is 25.0 Å². The van der Waals surface area contributed by atoms with Crippen LogP contribution in [-0.2, 0) is 4.79 Å². The summed E-state index contributed by atoms with van der Waals surface area (Å²) in [5.41, 5.74) is 0. The first kappa shape index (κ1) is 11.5. The van der Waals surface area contributed by atoms with Gasteiger partial charge in [-0.2, -0.15) is 5.26 Å². The summed E-state index contributed by atoms with van der Waals surface area (Å²) in [6.07, 6.45) is 5.95. The second-order valence-corrected chi connectivity index (χ2v) is 2.44. The van der Waals surface area contributed by atoms with Crippen molar-refractivity contribution in [2.75, 3.05) is 13.1 Å². The number of terminal acetylenes is 1. The molecule has 0 aliphatic heterocycles. The lowest BCUT2D eigenvalue weighted by molar-refractivity contribution is -0.120. The summed E-state index contributed by atoms with van der Waals surface area (Å²) in [6.45, 7) is 2.13. The second kappa shape index (κ2) is 7.15. The molecule has 4 heteroatoms. The highest BCUT2D eigenvalue weighted by Gasteiger charge is 2.03. The van der Waals surface area contributed by atoms with Crippen LogP contribution >= 0.6 is 0 Å². The van der Waals surface area contributed by atoms with E-state index < -0.39 is 0 Å². The van der Waals surface area contributed by atoms with Gasteiger partial charge in [0.05, 0.1) is 18.7 Å². The van der Waals surface area contributed by atoms with Crippen LogP contribution in [0.2, 0.25) is 0 Å². The summed E-state index contributed by atoms with van der Waals surface area (Å²) in [6, 6.07) is 1.74. The molecule has 1 atom stereocenters. The van der Waals surface area contributed by atoms with Crippen molar-refractivity contribution in [1.82, 2.24) is 10.6 Å². The summed E-state index contributed by atoms with van der Waals surface area (Å²) in [4.78, 5) is 10.9. The first-order valence-electron chi connectivity index (χ1n) is 4.07. The number of nitriles is 1. The van der Waals surface area contributed by atoms with E-state index in [9.17, 15) is 4.79 Å². The minimum absolute atomic E-state index is 0.0351. The number of nitrogens with zero attached hydrogens (tertiary/aromatic N) is 1. The normalized spacial score (nSPS) is 11.0. The fourth-order valence-electron chi connectivity index (χ4n) is 0.738. The van der Waals surface area contributed by atoms with Crippen LogP contribution in [0.1, 0.15) is 13.3 Å². The van der Waals surface area contributed by atoms with E-state index in [4.69, 9.17) is 11.7 Å². The summed E-state index contributed by atoms with van der Waals surface area (Å²) in [7, 11) is 0. The van der Waals surface area contributed by atoms with Crippen molar-refractivity contribution in [2.45, 2.75) is 19.4 Å². The highest BCUT2D eigenvalue weighted by molar-refractivity contribution is 5.78. The molecule has 0 heterocycles. The van der Waals surface area contributed by atoms with E-state index in [1.165, 1.54) is 0 Å². The van der Waals surface area contributed by atoms with Crippen LogP contribution < -0.4 is 10.6 Å². The Morgan fingerprint density at radius 1 is 1.69 bits per heavy atom. The van der Waals surface area contributed by atoms with Crippen LogP contribution in [-0.4, -0.2) is 25.0 Å². The van der Waals surface area contributed by atoms with Crippen molar-refractivity contribution in [1.29, 1.82) is 5.26 Å². The number of hydrogen-bond donors (Lipinski definition) is 2. The molecule has 70 valence electrons. The monoisotopic (exact) mass is 179 g/mol. The zero-order chi connectivity index (χ0) is 10.1. The molecule has 4 nitrogen and oxygen atoms in total. The third kappa shape index (κ3) is 5.72.